The fourth-order valence-electron chi connectivity index (χ4n) is 3.30. The molecule has 1 atom stereocenters. The van der Waals surface area contributed by atoms with Crippen LogP contribution in [-0.4, -0.2) is 39.7 Å². The number of carbonyl (C=O) groups is 1. The number of hydrogen-bond acceptors (Lipinski definition) is 4. The zero-order valence-electron chi connectivity index (χ0n) is 12.5. The average Bonchev–Trinajstić information content (AvgIpc) is 3.06. The largest absolute Gasteiger partial charge is 0.369 e. The molecule has 1 unspecified atom stereocenters. The Hall–Kier alpha value is -1.34. The molecule has 2 saturated heterocycles. The number of benzene rings is 1. The summed E-state index contributed by atoms with van der Waals surface area (Å²) in [7, 11) is 1.60. The van der Waals surface area contributed by atoms with Crippen LogP contribution in [0.2, 0.25) is 0 Å². The molecule has 2 aliphatic rings. The molecule has 0 aliphatic carbocycles. The second-order valence-electron chi connectivity index (χ2n) is 6.11. The van der Waals surface area contributed by atoms with Crippen molar-refractivity contribution < 1.29 is 17.6 Å². The summed E-state index contributed by atoms with van der Waals surface area (Å²) in [5.74, 6) is -1.16. The third-order valence-electron chi connectivity index (χ3n) is 4.33. The third-order valence-corrected chi connectivity index (χ3v) is 5.58. The van der Waals surface area contributed by atoms with E-state index >= 15 is 0 Å². The van der Waals surface area contributed by atoms with Crippen molar-refractivity contribution in [3.63, 3.8) is 0 Å². The van der Waals surface area contributed by atoms with Gasteiger partial charge in [0, 0.05) is 48.3 Å². The van der Waals surface area contributed by atoms with Crippen molar-refractivity contribution in [2.75, 3.05) is 35.2 Å². The van der Waals surface area contributed by atoms with E-state index in [1.54, 1.807) is 12.1 Å². The zero-order chi connectivity index (χ0) is 16.6. The smallest absolute Gasteiger partial charge is 0.232 e. The van der Waals surface area contributed by atoms with Crippen molar-refractivity contribution >= 4 is 37.0 Å². The van der Waals surface area contributed by atoms with Crippen LogP contribution in [0.15, 0.2) is 18.2 Å². The van der Waals surface area contributed by atoms with E-state index in [1.165, 1.54) is 11.0 Å². The van der Waals surface area contributed by atoms with Gasteiger partial charge in [0.15, 0.2) is 0 Å². The van der Waals surface area contributed by atoms with Crippen molar-refractivity contribution in [1.82, 2.24) is 0 Å². The highest BCUT2D eigenvalue weighted by Gasteiger charge is 2.33. The lowest BCUT2D eigenvalue weighted by Crippen LogP contribution is -2.26. The second-order valence-corrected chi connectivity index (χ2v) is 8.93. The van der Waals surface area contributed by atoms with Crippen molar-refractivity contribution in [3.8, 4) is 0 Å². The fourth-order valence-corrected chi connectivity index (χ4v) is 4.62. The molecule has 8 heteroatoms. The Balaban J connectivity index is 1.76. The first-order valence-electron chi connectivity index (χ1n) is 7.61. The first-order chi connectivity index (χ1) is 10.8. The molecule has 0 aromatic heterocycles. The van der Waals surface area contributed by atoms with Crippen molar-refractivity contribution in [2.45, 2.75) is 19.3 Å². The highest BCUT2D eigenvalue weighted by molar-refractivity contribution is 8.13. The zero-order valence-corrected chi connectivity index (χ0v) is 14.1. The van der Waals surface area contributed by atoms with Gasteiger partial charge in [-0.25, -0.2) is 12.8 Å². The number of rotatable bonds is 4. The van der Waals surface area contributed by atoms with Gasteiger partial charge in [-0.2, -0.15) is 0 Å². The maximum Gasteiger partial charge on any atom is 0.232 e. The standard InChI is InChI=1S/C15H18ClFN2O3S/c16-23(21,22)10-11-7-15(20)19(9-11)12-3-4-14(13(17)8-12)18-5-1-2-6-18/h3-4,8,11H,1-2,5-7,9-10H2. The number of halogens is 2. The van der Waals surface area contributed by atoms with E-state index in [9.17, 15) is 17.6 Å². The minimum atomic E-state index is -3.65. The maximum atomic E-state index is 14.4. The molecule has 0 N–H and O–H groups in total. The lowest BCUT2D eigenvalue weighted by Gasteiger charge is -2.21. The van der Waals surface area contributed by atoms with E-state index in [2.05, 4.69) is 0 Å². The van der Waals surface area contributed by atoms with Gasteiger partial charge in [-0.15, -0.1) is 0 Å². The Morgan fingerprint density at radius 3 is 2.57 bits per heavy atom. The number of amides is 1. The second kappa shape index (κ2) is 6.28. The number of anilines is 2. The molecule has 0 spiro atoms. The van der Waals surface area contributed by atoms with E-state index in [0.717, 1.165) is 25.9 Å². The Bertz CT molecular complexity index is 719. The molecular weight excluding hydrogens is 343 g/mol. The van der Waals surface area contributed by atoms with Gasteiger partial charge in [-0.3, -0.25) is 4.79 Å². The molecule has 1 aromatic carbocycles. The Kier molecular flexibility index (Phi) is 4.51. The normalized spacial score (nSPS) is 22.2. The lowest BCUT2D eigenvalue weighted by atomic mass is 10.1. The molecule has 23 heavy (non-hydrogen) atoms. The van der Waals surface area contributed by atoms with Crippen molar-refractivity contribution in [2.24, 2.45) is 5.92 Å². The first-order valence-corrected chi connectivity index (χ1v) is 10.1. The van der Waals surface area contributed by atoms with Gasteiger partial charge in [0.2, 0.25) is 15.0 Å². The molecule has 0 bridgehead atoms. The van der Waals surface area contributed by atoms with E-state index in [1.807, 2.05) is 4.90 Å². The highest BCUT2D eigenvalue weighted by atomic mass is 35.7. The van der Waals surface area contributed by atoms with Crippen LogP contribution < -0.4 is 9.80 Å². The van der Waals surface area contributed by atoms with Gasteiger partial charge in [0.05, 0.1) is 11.4 Å². The predicted molar refractivity (Wildman–Crippen MR) is 87.9 cm³/mol. The van der Waals surface area contributed by atoms with Crippen molar-refractivity contribution in [3.05, 3.63) is 24.0 Å². The van der Waals surface area contributed by atoms with Crippen LogP contribution in [0, 0.1) is 11.7 Å². The summed E-state index contributed by atoms with van der Waals surface area (Å²) >= 11 is 0. The van der Waals surface area contributed by atoms with Gasteiger partial charge in [-0.1, -0.05) is 0 Å². The van der Waals surface area contributed by atoms with Gasteiger partial charge >= 0.3 is 0 Å². The summed E-state index contributed by atoms with van der Waals surface area (Å²) in [6.45, 7) is 1.93. The Morgan fingerprint density at radius 2 is 1.96 bits per heavy atom. The number of nitrogens with zero attached hydrogens (tertiary/aromatic N) is 2. The Morgan fingerprint density at radius 1 is 1.26 bits per heavy atom. The highest BCUT2D eigenvalue weighted by Crippen LogP contribution is 2.31. The van der Waals surface area contributed by atoms with Gasteiger partial charge in [-0.05, 0) is 31.0 Å². The first kappa shape index (κ1) is 16.5. The van der Waals surface area contributed by atoms with E-state index in [4.69, 9.17) is 10.7 Å². The van der Waals surface area contributed by atoms with E-state index in [-0.39, 0.29) is 36.4 Å². The predicted octanol–water partition coefficient (Wildman–Crippen LogP) is 2.35. The van der Waals surface area contributed by atoms with Gasteiger partial charge in [0.1, 0.15) is 5.82 Å². The molecular formula is C15H18ClFN2O3S. The SMILES string of the molecule is O=C1CC(CS(=O)(=O)Cl)CN1c1ccc(N2CCCC2)c(F)c1. The van der Waals surface area contributed by atoms with E-state index < -0.39 is 9.05 Å². The molecule has 2 heterocycles. The summed E-state index contributed by atoms with van der Waals surface area (Å²) in [6, 6.07) is 4.75. The topological polar surface area (TPSA) is 57.7 Å². The molecule has 0 radical (unpaired) electrons. The molecule has 3 rings (SSSR count). The maximum absolute atomic E-state index is 14.4. The summed E-state index contributed by atoms with van der Waals surface area (Å²) in [5.41, 5.74) is 1.02. The molecule has 126 valence electrons. The van der Waals surface area contributed by atoms with Gasteiger partial charge in [0.25, 0.3) is 0 Å². The quantitative estimate of drug-likeness (QED) is 0.773. The molecule has 5 nitrogen and oxygen atoms in total. The van der Waals surface area contributed by atoms with Crippen LogP contribution in [0.3, 0.4) is 0 Å². The van der Waals surface area contributed by atoms with Gasteiger partial charge < -0.3 is 9.80 Å². The fraction of sp³-hybridized carbons (Fsp3) is 0.533. The molecule has 2 aliphatic heterocycles. The molecule has 1 aromatic rings. The van der Waals surface area contributed by atoms with Crippen LogP contribution in [0.5, 0.6) is 0 Å². The monoisotopic (exact) mass is 360 g/mol. The molecule has 0 saturated carbocycles. The summed E-state index contributed by atoms with van der Waals surface area (Å²) in [6.07, 6.45) is 2.22. The van der Waals surface area contributed by atoms with Crippen LogP contribution in [0.1, 0.15) is 19.3 Å². The summed E-state index contributed by atoms with van der Waals surface area (Å²) in [4.78, 5) is 15.5. The minimum Gasteiger partial charge on any atom is -0.369 e. The van der Waals surface area contributed by atoms with Crippen LogP contribution >= 0.6 is 10.7 Å². The van der Waals surface area contributed by atoms with Crippen LogP contribution in [-0.2, 0) is 13.8 Å². The Labute approximate surface area is 139 Å². The van der Waals surface area contributed by atoms with Crippen LogP contribution in [0.25, 0.3) is 0 Å². The average molecular weight is 361 g/mol. The number of carbonyl (C=O) groups excluding carboxylic acids is 1. The van der Waals surface area contributed by atoms with E-state index in [0.29, 0.717) is 11.4 Å². The minimum absolute atomic E-state index is 0.113. The van der Waals surface area contributed by atoms with Crippen molar-refractivity contribution in [1.29, 1.82) is 0 Å². The van der Waals surface area contributed by atoms with Crippen LogP contribution in [0.4, 0.5) is 15.8 Å². The lowest BCUT2D eigenvalue weighted by molar-refractivity contribution is -0.117. The number of hydrogen-bond donors (Lipinski definition) is 0. The summed E-state index contributed by atoms with van der Waals surface area (Å²) < 4.78 is 36.7. The summed E-state index contributed by atoms with van der Waals surface area (Å²) in [5, 5.41) is 0. The third kappa shape index (κ3) is 3.77. The molecule has 1 amide bonds. The molecule has 2 fully saturated rings.